The van der Waals surface area contributed by atoms with Gasteiger partial charge in [-0.05, 0) is 25.8 Å². The van der Waals surface area contributed by atoms with Crippen LogP contribution in [0.2, 0.25) is 0 Å². The second kappa shape index (κ2) is 6.38. The fourth-order valence-electron chi connectivity index (χ4n) is 2.54. The molecule has 9 heteroatoms. The number of aryl methyl sites for hydroxylation is 1. The van der Waals surface area contributed by atoms with Crippen LogP contribution in [-0.2, 0) is 18.2 Å². The Morgan fingerprint density at radius 3 is 2.78 bits per heavy atom. The molecule has 1 fully saturated rings. The number of amides is 2. The fourth-order valence-corrected chi connectivity index (χ4v) is 2.54. The van der Waals surface area contributed by atoms with E-state index in [9.17, 15) is 18.0 Å². The highest BCUT2D eigenvalue weighted by Gasteiger charge is 2.49. The summed E-state index contributed by atoms with van der Waals surface area (Å²) in [5, 5.41) is 6.66. The van der Waals surface area contributed by atoms with Crippen molar-refractivity contribution in [1.29, 1.82) is 0 Å². The number of hydrogen-bond acceptors (Lipinski definition) is 3. The molecule has 2 rings (SSSR count). The van der Waals surface area contributed by atoms with Gasteiger partial charge in [0.05, 0.1) is 24.9 Å². The lowest BCUT2D eigenvalue weighted by Crippen LogP contribution is -2.60. The summed E-state index contributed by atoms with van der Waals surface area (Å²) >= 11 is 0. The molecule has 23 heavy (non-hydrogen) atoms. The molecule has 1 aliphatic heterocycles. The van der Waals surface area contributed by atoms with Crippen LogP contribution in [0.1, 0.15) is 19.4 Å². The van der Waals surface area contributed by atoms with E-state index in [1.54, 1.807) is 31.8 Å². The van der Waals surface area contributed by atoms with Crippen molar-refractivity contribution in [2.75, 3.05) is 19.6 Å². The Morgan fingerprint density at radius 1 is 1.52 bits per heavy atom. The minimum atomic E-state index is -4.49. The summed E-state index contributed by atoms with van der Waals surface area (Å²) < 4.78 is 45.4. The molecule has 1 saturated heterocycles. The van der Waals surface area contributed by atoms with Crippen LogP contribution in [0.15, 0.2) is 12.4 Å². The maximum Gasteiger partial charge on any atom is 0.416 e. The van der Waals surface area contributed by atoms with Crippen molar-refractivity contribution in [1.82, 2.24) is 20.0 Å². The minimum absolute atomic E-state index is 0.109. The van der Waals surface area contributed by atoms with Gasteiger partial charge in [0.1, 0.15) is 0 Å². The summed E-state index contributed by atoms with van der Waals surface area (Å²) in [6.07, 6.45) is -2.38. The number of carbonyl (C=O) groups is 1. The zero-order chi connectivity index (χ0) is 17.3. The van der Waals surface area contributed by atoms with E-state index in [1.165, 1.54) is 0 Å². The molecule has 1 N–H and O–H groups in total. The van der Waals surface area contributed by atoms with Crippen molar-refractivity contribution >= 4 is 6.03 Å². The van der Waals surface area contributed by atoms with Crippen LogP contribution in [0.3, 0.4) is 0 Å². The van der Waals surface area contributed by atoms with Gasteiger partial charge >= 0.3 is 12.2 Å². The van der Waals surface area contributed by atoms with E-state index in [2.05, 4.69) is 10.4 Å². The first-order valence-electron chi connectivity index (χ1n) is 7.32. The Labute approximate surface area is 132 Å². The van der Waals surface area contributed by atoms with Gasteiger partial charge in [-0.2, -0.15) is 18.3 Å². The summed E-state index contributed by atoms with van der Waals surface area (Å²) in [7, 11) is 1.79. The Morgan fingerprint density at radius 2 is 2.22 bits per heavy atom. The maximum atomic E-state index is 12.9. The summed E-state index contributed by atoms with van der Waals surface area (Å²) in [5.41, 5.74) is -0.0951. The number of ether oxygens (including phenoxy) is 1. The lowest BCUT2D eigenvalue weighted by Gasteiger charge is -2.43. The van der Waals surface area contributed by atoms with Crippen molar-refractivity contribution in [3.8, 4) is 0 Å². The minimum Gasteiger partial charge on any atom is -0.359 e. The Bertz CT molecular complexity index is 556. The van der Waals surface area contributed by atoms with E-state index in [0.717, 1.165) is 10.5 Å². The van der Waals surface area contributed by atoms with Crippen LogP contribution in [-0.4, -0.2) is 58.2 Å². The Kier molecular flexibility index (Phi) is 4.88. The van der Waals surface area contributed by atoms with E-state index in [4.69, 9.17) is 4.74 Å². The number of rotatable bonds is 3. The third kappa shape index (κ3) is 4.85. The molecule has 2 amide bonds. The van der Waals surface area contributed by atoms with Gasteiger partial charge < -0.3 is 15.0 Å². The quantitative estimate of drug-likeness (QED) is 0.916. The number of alkyl halides is 3. The first-order valence-corrected chi connectivity index (χ1v) is 7.32. The Hall–Kier alpha value is -1.77. The SMILES string of the molecule is Cn1cc(CCNC(=O)N2CC(C(F)(F)F)OC(C)(C)C2)cn1. The number of hydrogen-bond donors (Lipinski definition) is 1. The van der Waals surface area contributed by atoms with E-state index >= 15 is 0 Å². The largest absolute Gasteiger partial charge is 0.416 e. The normalized spacial score (nSPS) is 21.3. The van der Waals surface area contributed by atoms with E-state index in [-0.39, 0.29) is 6.54 Å². The highest BCUT2D eigenvalue weighted by atomic mass is 19.4. The predicted octanol–water partition coefficient (Wildman–Crippen LogP) is 1.71. The van der Waals surface area contributed by atoms with Crippen molar-refractivity contribution < 1.29 is 22.7 Å². The van der Waals surface area contributed by atoms with Crippen molar-refractivity contribution in [2.24, 2.45) is 7.05 Å². The fraction of sp³-hybridized carbons (Fsp3) is 0.714. The van der Waals surface area contributed by atoms with Crippen molar-refractivity contribution in [2.45, 2.75) is 38.1 Å². The van der Waals surface area contributed by atoms with E-state index < -0.39 is 30.5 Å². The van der Waals surface area contributed by atoms with Gasteiger partial charge in [-0.1, -0.05) is 0 Å². The van der Waals surface area contributed by atoms with Gasteiger partial charge in [-0.25, -0.2) is 4.79 Å². The molecule has 1 unspecified atom stereocenters. The summed E-state index contributed by atoms with van der Waals surface area (Å²) in [5.74, 6) is 0. The zero-order valence-corrected chi connectivity index (χ0v) is 13.4. The second-order valence-electron chi connectivity index (χ2n) is 6.29. The molecule has 130 valence electrons. The number of nitrogens with one attached hydrogen (secondary N) is 1. The molecule has 0 aliphatic carbocycles. The number of nitrogens with zero attached hydrogens (tertiary/aromatic N) is 3. The summed E-state index contributed by atoms with van der Waals surface area (Å²) in [6.45, 7) is 3.03. The van der Waals surface area contributed by atoms with Gasteiger partial charge in [-0.15, -0.1) is 0 Å². The summed E-state index contributed by atoms with van der Waals surface area (Å²) in [4.78, 5) is 13.3. The van der Waals surface area contributed by atoms with Gasteiger partial charge in [-0.3, -0.25) is 4.68 Å². The molecule has 0 bridgehead atoms. The molecule has 0 radical (unpaired) electrons. The van der Waals surface area contributed by atoms with Crippen molar-refractivity contribution in [3.05, 3.63) is 18.0 Å². The smallest absolute Gasteiger partial charge is 0.359 e. The first-order chi connectivity index (χ1) is 10.6. The first kappa shape index (κ1) is 17.6. The number of aromatic nitrogens is 2. The van der Waals surface area contributed by atoms with Crippen LogP contribution in [0.25, 0.3) is 0 Å². The van der Waals surface area contributed by atoms with Crippen LogP contribution >= 0.6 is 0 Å². The van der Waals surface area contributed by atoms with E-state index in [0.29, 0.717) is 13.0 Å². The molecular formula is C14H21F3N4O2. The van der Waals surface area contributed by atoms with Crippen LogP contribution in [0, 0.1) is 0 Å². The highest BCUT2D eigenvalue weighted by Crippen LogP contribution is 2.31. The molecule has 1 aliphatic rings. The number of carbonyl (C=O) groups excluding carboxylic acids is 1. The third-order valence-corrected chi connectivity index (χ3v) is 3.52. The molecule has 2 heterocycles. The van der Waals surface area contributed by atoms with Crippen LogP contribution in [0.5, 0.6) is 0 Å². The number of morpholine rings is 1. The highest BCUT2D eigenvalue weighted by molar-refractivity contribution is 5.74. The molecule has 1 aromatic heterocycles. The van der Waals surface area contributed by atoms with Crippen LogP contribution < -0.4 is 5.32 Å². The molecule has 1 aromatic rings. The molecule has 0 saturated carbocycles. The summed E-state index contributed by atoms with van der Waals surface area (Å²) in [6, 6.07) is -0.514. The standard InChI is InChI=1S/C14H21F3N4O2/c1-13(2)9-21(8-11(23-13)14(15,16)17)12(22)18-5-4-10-6-19-20(3)7-10/h6-7,11H,4-5,8-9H2,1-3H3,(H,18,22). The molecular weight excluding hydrogens is 313 g/mol. The maximum absolute atomic E-state index is 12.9. The second-order valence-corrected chi connectivity index (χ2v) is 6.29. The predicted molar refractivity (Wildman–Crippen MR) is 76.9 cm³/mol. The average Bonchev–Trinajstić information content (AvgIpc) is 2.81. The molecule has 0 aromatic carbocycles. The van der Waals surface area contributed by atoms with Crippen molar-refractivity contribution in [3.63, 3.8) is 0 Å². The lowest BCUT2D eigenvalue weighted by molar-refractivity contribution is -0.267. The van der Waals surface area contributed by atoms with Gasteiger partial charge in [0.25, 0.3) is 0 Å². The molecule has 6 nitrogen and oxygen atoms in total. The topological polar surface area (TPSA) is 59.4 Å². The van der Waals surface area contributed by atoms with Crippen LogP contribution in [0.4, 0.5) is 18.0 Å². The molecule has 0 spiro atoms. The zero-order valence-electron chi connectivity index (χ0n) is 13.4. The number of halogens is 3. The molecule has 1 atom stereocenters. The van der Waals surface area contributed by atoms with Gasteiger partial charge in [0.15, 0.2) is 6.10 Å². The number of urea groups is 1. The van der Waals surface area contributed by atoms with Gasteiger partial charge in [0.2, 0.25) is 0 Å². The lowest BCUT2D eigenvalue weighted by atomic mass is 10.1. The monoisotopic (exact) mass is 334 g/mol. The average molecular weight is 334 g/mol. The third-order valence-electron chi connectivity index (χ3n) is 3.52. The van der Waals surface area contributed by atoms with E-state index in [1.807, 2.05) is 6.20 Å². The van der Waals surface area contributed by atoms with Gasteiger partial charge in [0, 0.05) is 19.8 Å². The Balaban J connectivity index is 1.89.